The van der Waals surface area contributed by atoms with Crippen LogP contribution in [0.1, 0.15) is 24.8 Å². The smallest absolute Gasteiger partial charge is 0.239 e. The van der Waals surface area contributed by atoms with Crippen molar-refractivity contribution in [3.05, 3.63) is 29.8 Å². The van der Waals surface area contributed by atoms with Crippen molar-refractivity contribution in [3.8, 4) is 0 Å². The van der Waals surface area contributed by atoms with Gasteiger partial charge >= 0.3 is 0 Å². The van der Waals surface area contributed by atoms with Gasteiger partial charge in [0.25, 0.3) is 0 Å². The number of nitrogens with zero attached hydrogens (tertiary/aromatic N) is 1. The van der Waals surface area contributed by atoms with Crippen LogP contribution in [0.5, 0.6) is 0 Å². The lowest BCUT2D eigenvalue weighted by Gasteiger charge is -2.29. The summed E-state index contributed by atoms with van der Waals surface area (Å²) in [4.78, 5) is 14.0. The highest BCUT2D eigenvalue weighted by atomic mass is 16.2. The minimum Gasteiger partial charge on any atom is -0.399 e. The van der Waals surface area contributed by atoms with Crippen LogP contribution in [0.3, 0.4) is 0 Å². The second kappa shape index (κ2) is 5.87. The molecule has 0 saturated carbocycles. The van der Waals surface area contributed by atoms with Crippen LogP contribution in [0.15, 0.2) is 24.3 Å². The second-order valence-corrected chi connectivity index (χ2v) is 4.94. The Hall–Kier alpha value is -1.55. The van der Waals surface area contributed by atoms with Crippen LogP contribution in [-0.4, -0.2) is 29.9 Å². The predicted molar refractivity (Wildman–Crippen MR) is 73.0 cm³/mol. The summed E-state index contributed by atoms with van der Waals surface area (Å²) in [6, 6.07) is 7.10. The first-order valence-corrected chi connectivity index (χ1v) is 6.55. The Labute approximate surface area is 108 Å². The largest absolute Gasteiger partial charge is 0.399 e. The van der Waals surface area contributed by atoms with Crippen molar-refractivity contribution < 1.29 is 4.79 Å². The van der Waals surface area contributed by atoms with Gasteiger partial charge in [-0.2, -0.15) is 0 Å². The van der Waals surface area contributed by atoms with Crippen LogP contribution in [0.4, 0.5) is 5.69 Å². The number of nitrogens with two attached hydrogens (primary N) is 2. The normalized spacial score (nSPS) is 17.5. The number of hydrogen-bond donors (Lipinski definition) is 2. The van der Waals surface area contributed by atoms with Crippen LogP contribution in [0.25, 0.3) is 0 Å². The molecule has 0 bridgehead atoms. The second-order valence-electron chi connectivity index (χ2n) is 4.94. The van der Waals surface area contributed by atoms with E-state index in [-0.39, 0.29) is 5.91 Å². The van der Waals surface area contributed by atoms with E-state index >= 15 is 0 Å². The third kappa shape index (κ3) is 3.23. The molecule has 0 spiro atoms. The van der Waals surface area contributed by atoms with E-state index in [0.717, 1.165) is 37.2 Å². The lowest BCUT2D eigenvalue weighted by Crippen LogP contribution is -2.46. The fourth-order valence-corrected chi connectivity index (χ4v) is 2.34. The zero-order valence-electron chi connectivity index (χ0n) is 10.6. The van der Waals surface area contributed by atoms with Crippen molar-refractivity contribution in [2.75, 3.05) is 18.8 Å². The summed E-state index contributed by atoms with van der Waals surface area (Å²) in [6.45, 7) is 1.71. The molecule has 1 fully saturated rings. The van der Waals surface area contributed by atoms with Gasteiger partial charge in [-0.1, -0.05) is 12.1 Å². The van der Waals surface area contributed by atoms with E-state index in [2.05, 4.69) is 0 Å². The number of hydrogen-bond acceptors (Lipinski definition) is 3. The average molecular weight is 247 g/mol. The first-order valence-electron chi connectivity index (χ1n) is 6.55. The SMILES string of the molecule is Nc1ccc(C[C@H](N)C(=O)N2CCCCC2)cc1. The van der Waals surface area contributed by atoms with E-state index < -0.39 is 6.04 Å². The molecule has 1 aromatic carbocycles. The summed E-state index contributed by atoms with van der Waals surface area (Å²) < 4.78 is 0. The molecule has 1 amide bonds. The summed E-state index contributed by atoms with van der Waals surface area (Å²) >= 11 is 0. The van der Waals surface area contributed by atoms with Gasteiger partial charge in [0, 0.05) is 18.8 Å². The molecule has 0 aliphatic carbocycles. The first kappa shape index (κ1) is 12.9. The number of likely N-dealkylation sites (tertiary alicyclic amines) is 1. The zero-order chi connectivity index (χ0) is 13.0. The Morgan fingerprint density at radius 2 is 1.78 bits per heavy atom. The molecule has 1 aliphatic rings. The summed E-state index contributed by atoms with van der Waals surface area (Å²) in [5.41, 5.74) is 13.4. The van der Waals surface area contributed by atoms with E-state index in [1.165, 1.54) is 6.42 Å². The predicted octanol–water partition coefficient (Wildman–Crippen LogP) is 1.15. The Balaban J connectivity index is 1.92. The molecule has 0 radical (unpaired) electrons. The lowest BCUT2D eigenvalue weighted by molar-refractivity contribution is -0.133. The van der Waals surface area contributed by atoms with Crippen LogP contribution in [0, 0.1) is 0 Å². The van der Waals surface area contributed by atoms with Gasteiger partial charge in [-0.25, -0.2) is 0 Å². The molecule has 98 valence electrons. The number of carbonyl (C=O) groups is 1. The summed E-state index contributed by atoms with van der Waals surface area (Å²) in [7, 11) is 0. The molecule has 0 unspecified atom stereocenters. The van der Waals surface area contributed by atoms with Gasteiger partial charge < -0.3 is 16.4 Å². The van der Waals surface area contributed by atoms with Crippen LogP contribution in [0.2, 0.25) is 0 Å². The van der Waals surface area contributed by atoms with Gasteiger partial charge in [0.1, 0.15) is 0 Å². The molecule has 1 heterocycles. The van der Waals surface area contributed by atoms with Crippen molar-refractivity contribution in [3.63, 3.8) is 0 Å². The molecule has 1 saturated heterocycles. The fraction of sp³-hybridized carbons (Fsp3) is 0.500. The van der Waals surface area contributed by atoms with E-state index in [4.69, 9.17) is 11.5 Å². The summed E-state index contributed by atoms with van der Waals surface area (Å²) in [5.74, 6) is 0.0755. The topological polar surface area (TPSA) is 72.3 Å². The standard InChI is InChI=1S/C14H21N3O/c15-12-6-4-11(5-7-12)10-13(16)14(18)17-8-2-1-3-9-17/h4-7,13H,1-3,8-10,15-16H2/t13-/m0/s1. The molecule has 18 heavy (non-hydrogen) atoms. The van der Waals surface area contributed by atoms with Gasteiger partial charge in [-0.3, -0.25) is 4.79 Å². The number of piperidine rings is 1. The van der Waals surface area contributed by atoms with Crippen molar-refractivity contribution >= 4 is 11.6 Å². The molecule has 2 rings (SSSR count). The molecule has 4 nitrogen and oxygen atoms in total. The number of anilines is 1. The third-order valence-corrected chi connectivity index (χ3v) is 3.42. The number of amides is 1. The first-order chi connectivity index (χ1) is 8.66. The summed E-state index contributed by atoms with van der Waals surface area (Å²) in [5, 5.41) is 0. The van der Waals surface area contributed by atoms with Gasteiger partial charge in [0.05, 0.1) is 6.04 Å². The maximum Gasteiger partial charge on any atom is 0.239 e. The molecular formula is C14H21N3O. The molecule has 1 aliphatic heterocycles. The maximum absolute atomic E-state index is 12.1. The molecule has 1 atom stereocenters. The minimum atomic E-state index is -0.438. The van der Waals surface area contributed by atoms with Crippen molar-refractivity contribution in [2.24, 2.45) is 5.73 Å². The van der Waals surface area contributed by atoms with E-state index in [0.29, 0.717) is 6.42 Å². The molecule has 1 aromatic rings. The highest BCUT2D eigenvalue weighted by Gasteiger charge is 2.22. The number of benzene rings is 1. The minimum absolute atomic E-state index is 0.0755. The molecule has 4 heteroatoms. The number of carbonyl (C=O) groups excluding carboxylic acids is 1. The Morgan fingerprint density at radius 3 is 2.39 bits per heavy atom. The van der Waals surface area contributed by atoms with E-state index in [1.807, 2.05) is 29.2 Å². The van der Waals surface area contributed by atoms with Gasteiger partial charge in [-0.15, -0.1) is 0 Å². The highest BCUT2D eigenvalue weighted by molar-refractivity contribution is 5.82. The quantitative estimate of drug-likeness (QED) is 0.787. The number of rotatable bonds is 3. The van der Waals surface area contributed by atoms with E-state index in [9.17, 15) is 4.79 Å². The van der Waals surface area contributed by atoms with Crippen LogP contribution < -0.4 is 11.5 Å². The van der Waals surface area contributed by atoms with Gasteiger partial charge in [0.2, 0.25) is 5.91 Å². The van der Waals surface area contributed by atoms with Gasteiger partial charge in [0.15, 0.2) is 0 Å². The van der Waals surface area contributed by atoms with Crippen molar-refractivity contribution in [2.45, 2.75) is 31.7 Å². The monoisotopic (exact) mass is 247 g/mol. The number of nitrogen functional groups attached to an aromatic ring is 1. The molecular weight excluding hydrogens is 226 g/mol. The molecule has 0 aromatic heterocycles. The average Bonchev–Trinajstić information content (AvgIpc) is 2.41. The van der Waals surface area contributed by atoms with Crippen molar-refractivity contribution in [1.29, 1.82) is 0 Å². The zero-order valence-corrected chi connectivity index (χ0v) is 10.6. The van der Waals surface area contributed by atoms with Crippen molar-refractivity contribution in [1.82, 2.24) is 4.90 Å². The fourth-order valence-electron chi connectivity index (χ4n) is 2.34. The van der Waals surface area contributed by atoms with Gasteiger partial charge in [-0.05, 0) is 43.4 Å². The lowest BCUT2D eigenvalue weighted by atomic mass is 10.0. The van der Waals surface area contributed by atoms with E-state index in [1.54, 1.807) is 0 Å². The van der Waals surface area contributed by atoms with Crippen LogP contribution >= 0.6 is 0 Å². The highest BCUT2D eigenvalue weighted by Crippen LogP contribution is 2.12. The van der Waals surface area contributed by atoms with Crippen LogP contribution in [-0.2, 0) is 11.2 Å². The Morgan fingerprint density at radius 1 is 1.17 bits per heavy atom. The maximum atomic E-state index is 12.1. The molecule has 4 N–H and O–H groups in total. The Kier molecular flexibility index (Phi) is 4.20. The Bertz CT molecular complexity index is 396. The summed E-state index contributed by atoms with van der Waals surface area (Å²) in [6.07, 6.45) is 3.99. The third-order valence-electron chi connectivity index (χ3n) is 3.42.